The normalized spacial score (nSPS) is 10.5. The van der Waals surface area contributed by atoms with E-state index in [2.05, 4.69) is 5.32 Å². The van der Waals surface area contributed by atoms with Crippen LogP contribution in [0.4, 0.5) is 8.78 Å². The number of rotatable bonds is 3. The number of nitrogens with one attached hydrogen (secondary N) is 1. The van der Waals surface area contributed by atoms with E-state index in [-0.39, 0.29) is 5.56 Å². The average molecular weight is 233 g/mol. The standard InChI is InChI=1S/C14H13F2N/c1-17-9-10-5-7-11(8-6-10)14-12(15)3-2-4-13(14)16/h2-8,17H,9H2,1H3. The molecule has 3 heteroatoms. The van der Waals surface area contributed by atoms with E-state index >= 15 is 0 Å². The third-order valence-electron chi connectivity index (χ3n) is 2.59. The van der Waals surface area contributed by atoms with Crippen molar-refractivity contribution < 1.29 is 8.78 Å². The molecule has 17 heavy (non-hydrogen) atoms. The first-order valence-electron chi connectivity index (χ1n) is 5.40. The summed E-state index contributed by atoms with van der Waals surface area (Å²) >= 11 is 0. The summed E-state index contributed by atoms with van der Waals surface area (Å²) in [6.07, 6.45) is 0. The summed E-state index contributed by atoms with van der Waals surface area (Å²) in [5.74, 6) is -1.07. The fraction of sp³-hybridized carbons (Fsp3) is 0.143. The van der Waals surface area contributed by atoms with Crippen LogP contribution in [0.5, 0.6) is 0 Å². The highest BCUT2D eigenvalue weighted by molar-refractivity contribution is 5.65. The van der Waals surface area contributed by atoms with Gasteiger partial charge in [0.25, 0.3) is 0 Å². The van der Waals surface area contributed by atoms with Crippen molar-refractivity contribution in [2.45, 2.75) is 6.54 Å². The van der Waals surface area contributed by atoms with Crippen LogP contribution in [0.2, 0.25) is 0 Å². The number of hydrogen-bond donors (Lipinski definition) is 1. The summed E-state index contributed by atoms with van der Waals surface area (Å²) in [5.41, 5.74) is 1.66. The van der Waals surface area contributed by atoms with Crippen molar-refractivity contribution in [2.75, 3.05) is 7.05 Å². The van der Waals surface area contributed by atoms with Gasteiger partial charge in [-0.1, -0.05) is 30.3 Å². The molecule has 0 atom stereocenters. The Morgan fingerprint density at radius 2 is 1.53 bits per heavy atom. The minimum Gasteiger partial charge on any atom is -0.316 e. The number of benzene rings is 2. The SMILES string of the molecule is CNCc1ccc(-c2c(F)cccc2F)cc1. The summed E-state index contributed by atoms with van der Waals surface area (Å²) in [5, 5.41) is 3.02. The van der Waals surface area contributed by atoms with Crippen molar-refractivity contribution in [3.8, 4) is 11.1 Å². The molecule has 0 fully saturated rings. The maximum Gasteiger partial charge on any atom is 0.133 e. The molecule has 0 aromatic heterocycles. The minimum absolute atomic E-state index is 0.0310. The Kier molecular flexibility index (Phi) is 3.49. The molecule has 0 aliphatic carbocycles. The Balaban J connectivity index is 2.40. The molecular formula is C14H13F2N. The molecule has 0 amide bonds. The molecule has 88 valence electrons. The fourth-order valence-electron chi connectivity index (χ4n) is 1.77. The van der Waals surface area contributed by atoms with Crippen LogP contribution < -0.4 is 5.32 Å². The van der Waals surface area contributed by atoms with Crippen molar-refractivity contribution in [3.05, 3.63) is 59.7 Å². The predicted octanol–water partition coefficient (Wildman–Crippen LogP) is 3.35. The van der Waals surface area contributed by atoms with Crippen molar-refractivity contribution in [1.82, 2.24) is 5.32 Å². The summed E-state index contributed by atoms with van der Waals surface area (Å²) in [6, 6.07) is 11.1. The zero-order valence-corrected chi connectivity index (χ0v) is 9.50. The average Bonchev–Trinajstić information content (AvgIpc) is 2.31. The van der Waals surface area contributed by atoms with Crippen molar-refractivity contribution in [1.29, 1.82) is 0 Å². The Hall–Kier alpha value is -1.74. The molecule has 0 spiro atoms. The Morgan fingerprint density at radius 3 is 2.06 bits per heavy atom. The first kappa shape index (κ1) is 11.7. The van der Waals surface area contributed by atoms with Crippen LogP contribution in [0, 0.1) is 11.6 Å². The Bertz CT molecular complexity index is 486. The van der Waals surface area contributed by atoms with Crippen LogP contribution in [0.1, 0.15) is 5.56 Å². The lowest BCUT2D eigenvalue weighted by Crippen LogP contribution is -2.04. The van der Waals surface area contributed by atoms with E-state index in [1.165, 1.54) is 18.2 Å². The lowest BCUT2D eigenvalue weighted by atomic mass is 10.0. The highest BCUT2D eigenvalue weighted by Gasteiger charge is 2.10. The highest BCUT2D eigenvalue weighted by atomic mass is 19.1. The largest absolute Gasteiger partial charge is 0.316 e. The summed E-state index contributed by atoms with van der Waals surface area (Å²) in [6.45, 7) is 0.736. The minimum atomic E-state index is -0.536. The van der Waals surface area contributed by atoms with Crippen molar-refractivity contribution in [2.24, 2.45) is 0 Å². The zero-order chi connectivity index (χ0) is 12.3. The second kappa shape index (κ2) is 5.06. The predicted molar refractivity (Wildman–Crippen MR) is 64.6 cm³/mol. The van der Waals surface area contributed by atoms with E-state index in [0.29, 0.717) is 5.56 Å². The molecule has 0 saturated carbocycles. The fourth-order valence-corrected chi connectivity index (χ4v) is 1.77. The first-order chi connectivity index (χ1) is 8.22. The maximum absolute atomic E-state index is 13.5. The van der Waals surface area contributed by atoms with Crippen LogP contribution in [0.25, 0.3) is 11.1 Å². The van der Waals surface area contributed by atoms with E-state index in [4.69, 9.17) is 0 Å². The molecule has 2 aromatic rings. The smallest absolute Gasteiger partial charge is 0.133 e. The number of halogens is 2. The van der Waals surface area contributed by atoms with Crippen LogP contribution in [-0.2, 0) is 6.54 Å². The van der Waals surface area contributed by atoms with E-state index < -0.39 is 11.6 Å². The van der Waals surface area contributed by atoms with Gasteiger partial charge in [0.2, 0.25) is 0 Å². The number of hydrogen-bond acceptors (Lipinski definition) is 1. The van der Waals surface area contributed by atoms with Gasteiger partial charge in [0.15, 0.2) is 0 Å². The van der Waals surface area contributed by atoms with E-state index in [9.17, 15) is 8.78 Å². The molecule has 0 unspecified atom stereocenters. The Labute approximate surface area is 99.1 Å². The van der Waals surface area contributed by atoms with Gasteiger partial charge in [0.1, 0.15) is 11.6 Å². The second-order valence-electron chi connectivity index (χ2n) is 3.82. The first-order valence-corrected chi connectivity index (χ1v) is 5.40. The van der Waals surface area contributed by atoms with Crippen molar-refractivity contribution >= 4 is 0 Å². The molecule has 0 saturated heterocycles. The topological polar surface area (TPSA) is 12.0 Å². The van der Waals surface area contributed by atoms with Crippen LogP contribution in [0.15, 0.2) is 42.5 Å². The van der Waals surface area contributed by atoms with Gasteiger partial charge in [-0.15, -0.1) is 0 Å². The van der Waals surface area contributed by atoms with Crippen LogP contribution in [-0.4, -0.2) is 7.05 Å². The highest BCUT2D eigenvalue weighted by Crippen LogP contribution is 2.25. The summed E-state index contributed by atoms with van der Waals surface area (Å²) < 4.78 is 27.1. The molecule has 0 aliphatic rings. The van der Waals surface area contributed by atoms with Gasteiger partial charge in [-0.25, -0.2) is 8.78 Å². The molecule has 0 aliphatic heterocycles. The maximum atomic E-state index is 13.5. The van der Waals surface area contributed by atoms with E-state index in [0.717, 1.165) is 12.1 Å². The lowest BCUT2D eigenvalue weighted by molar-refractivity contribution is 0.589. The molecule has 2 rings (SSSR count). The second-order valence-corrected chi connectivity index (χ2v) is 3.82. The Morgan fingerprint density at radius 1 is 0.941 bits per heavy atom. The van der Waals surface area contributed by atoms with E-state index in [1.54, 1.807) is 12.1 Å². The van der Waals surface area contributed by atoms with Gasteiger partial charge >= 0.3 is 0 Å². The van der Waals surface area contributed by atoms with Gasteiger partial charge < -0.3 is 5.32 Å². The molecular weight excluding hydrogens is 220 g/mol. The molecule has 1 N–H and O–H groups in total. The van der Waals surface area contributed by atoms with E-state index in [1.807, 2.05) is 19.2 Å². The van der Waals surface area contributed by atoms with Gasteiger partial charge in [-0.2, -0.15) is 0 Å². The quantitative estimate of drug-likeness (QED) is 0.857. The molecule has 0 radical (unpaired) electrons. The summed E-state index contributed by atoms with van der Waals surface area (Å²) in [7, 11) is 1.85. The lowest BCUT2D eigenvalue weighted by Gasteiger charge is -2.06. The van der Waals surface area contributed by atoms with Gasteiger partial charge in [-0.3, -0.25) is 0 Å². The third-order valence-corrected chi connectivity index (χ3v) is 2.59. The van der Waals surface area contributed by atoms with Gasteiger partial charge in [0, 0.05) is 6.54 Å². The van der Waals surface area contributed by atoms with Gasteiger partial charge in [0.05, 0.1) is 5.56 Å². The monoisotopic (exact) mass is 233 g/mol. The van der Waals surface area contributed by atoms with Crippen LogP contribution >= 0.6 is 0 Å². The van der Waals surface area contributed by atoms with Gasteiger partial charge in [-0.05, 0) is 30.3 Å². The zero-order valence-electron chi connectivity index (χ0n) is 9.50. The molecule has 2 aromatic carbocycles. The molecule has 0 bridgehead atoms. The molecule has 1 nitrogen and oxygen atoms in total. The molecule has 0 heterocycles. The third kappa shape index (κ3) is 2.50. The summed E-state index contributed by atoms with van der Waals surface area (Å²) in [4.78, 5) is 0. The van der Waals surface area contributed by atoms with Crippen LogP contribution in [0.3, 0.4) is 0 Å². The van der Waals surface area contributed by atoms with Crippen molar-refractivity contribution in [3.63, 3.8) is 0 Å².